The lowest BCUT2D eigenvalue weighted by atomic mass is 10.0. The molecule has 2 aromatic carbocycles. The van der Waals surface area contributed by atoms with Crippen LogP contribution in [0.2, 0.25) is 0 Å². The van der Waals surface area contributed by atoms with Crippen LogP contribution in [0.4, 0.5) is 0 Å². The summed E-state index contributed by atoms with van der Waals surface area (Å²) in [6, 6.07) is 14.6. The number of benzene rings is 2. The Kier molecular flexibility index (Phi) is 16.8. The summed E-state index contributed by atoms with van der Waals surface area (Å²) in [5, 5.41) is 4.05. The van der Waals surface area contributed by atoms with Crippen molar-refractivity contribution < 1.29 is 19.1 Å². The van der Waals surface area contributed by atoms with Crippen LogP contribution in [0.3, 0.4) is 0 Å². The highest BCUT2D eigenvalue weighted by Gasteiger charge is 2.09. The number of ether oxygens (including phenoxy) is 2. The summed E-state index contributed by atoms with van der Waals surface area (Å²) in [6.07, 6.45) is 21.7. The first kappa shape index (κ1) is 31.8. The third-order valence-corrected chi connectivity index (χ3v) is 6.52. The Hall–Kier alpha value is -3.41. The number of methoxy groups -OCH3 is 1. The van der Waals surface area contributed by atoms with Crippen molar-refractivity contribution in [1.82, 2.24) is 5.43 Å². The molecule has 0 aliphatic heterocycles. The summed E-state index contributed by atoms with van der Waals surface area (Å²) in [4.78, 5) is 24.3. The lowest BCUT2D eigenvalue weighted by Crippen LogP contribution is -2.16. The van der Waals surface area contributed by atoms with E-state index in [1.165, 1.54) is 83.8 Å². The third kappa shape index (κ3) is 14.9. The van der Waals surface area contributed by atoms with Crippen LogP contribution in [0.5, 0.6) is 11.5 Å². The van der Waals surface area contributed by atoms with Gasteiger partial charge in [-0.05, 0) is 41.8 Å². The van der Waals surface area contributed by atoms with Crippen molar-refractivity contribution in [3.8, 4) is 11.5 Å². The summed E-state index contributed by atoms with van der Waals surface area (Å²) in [5.74, 6) is 0.124. The maximum atomic E-state index is 12.2. The first-order chi connectivity index (χ1) is 19.1. The van der Waals surface area contributed by atoms with Gasteiger partial charge in [-0.3, -0.25) is 4.79 Å². The number of rotatable bonds is 20. The van der Waals surface area contributed by atoms with Gasteiger partial charge in [0.05, 0.1) is 13.3 Å². The second-order valence-electron chi connectivity index (χ2n) is 9.86. The van der Waals surface area contributed by atoms with E-state index in [0.29, 0.717) is 23.5 Å². The van der Waals surface area contributed by atoms with Crippen molar-refractivity contribution in [2.45, 2.75) is 96.8 Å². The Morgan fingerprint density at radius 1 is 0.769 bits per heavy atom. The predicted octanol–water partition coefficient (Wildman–Crippen LogP) is 8.25. The summed E-state index contributed by atoms with van der Waals surface area (Å²) < 4.78 is 10.8. The summed E-state index contributed by atoms with van der Waals surface area (Å²) in [7, 11) is 1.50. The molecule has 0 aliphatic rings. The Morgan fingerprint density at radius 2 is 1.38 bits per heavy atom. The molecule has 0 heterocycles. The van der Waals surface area contributed by atoms with E-state index in [4.69, 9.17) is 9.47 Å². The highest BCUT2D eigenvalue weighted by Crippen LogP contribution is 2.28. The maximum absolute atomic E-state index is 12.2. The zero-order chi connectivity index (χ0) is 28.0. The second kappa shape index (κ2) is 20.5. The minimum absolute atomic E-state index is 0.0861. The first-order valence-electron chi connectivity index (χ1n) is 14.6. The summed E-state index contributed by atoms with van der Waals surface area (Å²) in [6.45, 7) is 2.26. The van der Waals surface area contributed by atoms with Gasteiger partial charge in [-0.2, -0.15) is 5.10 Å². The minimum atomic E-state index is -0.501. The summed E-state index contributed by atoms with van der Waals surface area (Å²) >= 11 is 0. The lowest BCUT2D eigenvalue weighted by molar-refractivity contribution is -0.129. The molecule has 6 heteroatoms. The molecule has 0 aliphatic carbocycles. The van der Waals surface area contributed by atoms with E-state index in [9.17, 15) is 9.59 Å². The van der Waals surface area contributed by atoms with Gasteiger partial charge < -0.3 is 9.47 Å². The molecule has 212 valence electrons. The normalized spacial score (nSPS) is 11.2. The number of nitrogens with zero attached hydrogens (tertiary/aromatic N) is 1. The Labute approximate surface area is 234 Å². The zero-order valence-electron chi connectivity index (χ0n) is 23.8. The van der Waals surface area contributed by atoms with Crippen molar-refractivity contribution >= 4 is 24.2 Å². The molecule has 2 aromatic rings. The van der Waals surface area contributed by atoms with Gasteiger partial charge in [0, 0.05) is 12.5 Å². The fraction of sp³-hybridized carbons (Fsp3) is 0.485. The topological polar surface area (TPSA) is 77.0 Å². The molecule has 0 atom stereocenters. The molecule has 0 spiro atoms. The number of hydrogen-bond acceptors (Lipinski definition) is 5. The van der Waals surface area contributed by atoms with Crippen LogP contribution in [0.25, 0.3) is 6.08 Å². The van der Waals surface area contributed by atoms with Crippen LogP contribution in [0, 0.1) is 0 Å². The smallest absolute Gasteiger partial charge is 0.336 e. The molecule has 0 unspecified atom stereocenters. The Balaban J connectivity index is 1.59. The van der Waals surface area contributed by atoms with E-state index in [0.717, 1.165) is 18.4 Å². The fourth-order valence-corrected chi connectivity index (χ4v) is 4.26. The molecular weight excluding hydrogens is 488 g/mol. The number of carbonyl (C=O) groups is 2. The first-order valence-corrected chi connectivity index (χ1v) is 14.6. The van der Waals surface area contributed by atoms with E-state index in [-0.39, 0.29) is 5.91 Å². The van der Waals surface area contributed by atoms with Crippen LogP contribution in [-0.4, -0.2) is 25.2 Å². The van der Waals surface area contributed by atoms with Gasteiger partial charge in [-0.25, -0.2) is 10.2 Å². The molecule has 0 bridgehead atoms. The van der Waals surface area contributed by atoms with Gasteiger partial charge in [0.15, 0.2) is 11.5 Å². The molecule has 39 heavy (non-hydrogen) atoms. The Bertz CT molecular complexity index is 1020. The number of amides is 1. The van der Waals surface area contributed by atoms with Gasteiger partial charge in [-0.15, -0.1) is 0 Å². The second-order valence-corrected chi connectivity index (χ2v) is 9.86. The van der Waals surface area contributed by atoms with Crippen LogP contribution in [-0.2, 0) is 9.59 Å². The van der Waals surface area contributed by atoms with Gasteiger partial charge in [0.25, 0.3) is 0 Å². The molecule has 1 N–H and O–H groups in total. The quantitative estimate of drug-likeness (QED) is 0.0463. The van der Waals surface area contributed by atoms with Crippen molar-refractivity contribution in [1.29, 1.82) is 0 Å². The molecule has 2 rings (SSSR count). The highest BCUT2D eigenvalue weighted by atomic mass is 16.6. The Morgan fingerprint density at radius 3 is 2.00 bits per heavy atom. The van der Waals surface area contributed by atoms with Crippen molar-refractivity contribution in [2.75, 3.05) is 7.11 Å². The zero-order valence-corrected chi connectivity index (χ0v) is 23.8. The molecule has 0 saturated heterocycles. The fourth-order valence-electron chi connectivity index (χ4n) is 4.26. The number of nitrogens with one attached hydrogen (secondary N) is 1. The minimum Gasteiger partial charge on any atom is -0.493 e. The van der Waals surface area contributed by atoms with Crippen molar-refractivity contribution in [3.63, 3.8) is 0 Å². The number of hydrogen-bond donors (Lipinski definition) is 1. The highest BCUT2D eigenvalue weighted by molar-refractivity contribution is 5.89. The standard InChI is InChI=1S/C33H46N2O4/c1-3-4-5-6-7-8-9-10-11-12-13-14-18-21-32(36)35-34-27-29-22-24-30(31(26-29)38-2)39-33(37)25-23-28-19-16-15-17-20-28/h15-17,19-20,22-27H,3-14,18,21H2,1-2H3,(H,35,36). The molecular formula is C33H46N2O4. The number of hydrazone groups is 1. The van der Waals surface area contributed by atoms with Gasteiger partial charge in [0.1, 0.15) is 0 Å². The third-order valence-electron chi connectivity index (χ3n) is 6.52. The van der Waals surface area contributed by atoms with Crippen LogP contribution >= 0.6 is 0 Å². The molecule has 6 nitrogen and oxygen atoms in total. The maximum Gasteiger partial charge on any atom is 0.336 e. The van der Waals surface area contributed by atoms with Gasteiger partial charge >= 0.3 is 5.97 Å². The van der Waals surface area contributed by atoms with E-state index in [1.807, 2.05) is 30.3 Å². The average Bonchev–Trinajstić information content (AvgIpc) is 2.95. The number of unbranched alkanes of at least 4 members (excludes halogenated alkanes) is 12. The molecule has 0 saturated carbocycles. The molecule has 0 fully saturated rings. The van der Waals surface area contributed by atoms with Crippen LogP contribution < -0.4 is 14.9 Å². The largest absolute Gasteiger partial charge is 0.493 e. The molecule has 0 aromatic heterocycles. The predicted molar refractivity (Wildman–Crippen MR) is 160 cm³/mol. The average molecular weight is 535 g/mol. The van der Waals surface area contributed by atoms with E-state index < -0.39 is 5.97 Å². The van der Waals surface area contributed by atoms with Gasteiger partial charge in [0.2, 0.25) is 5.91 Å². The number of esters is 1. The van der Waals surface area contributed by atoms with E-state index in [2.05, 4.69) is 17.5 Å². The molecule has 0 radical (unpaired) electrons. The van der Waals surface area contributed by atoms with Crippen molar-refractivity contribution in [2.24, 2.45) is 5.10 Å². The van der Waals surface area contributed by atoms with Gasteiger partial charge in [-0.1, -0.05) is 114 Å². The van der Waals surface area contributed by atoms with Crippen LogP contribution in [0.1, 0.15) is 108 Å². The monoisotopic (exact) mass is 534 g/mol. The number of carbonyl (C=O) groups excluding carboxylic acids is 2. The molecule has 1 amide bonds. The SMILES string of the molecule is CCCCCCCCCCCCCCCC(=O)NN=Cc1ccc(OC(=O)C=Cc2ccccc2)c(OC)c1. The van der Waals surface area contributed by atoms with Crippen molar-refractivity contribution in [3.05, 3.63) is 65.7 Å². The van der Waals surface area contributed by atoms with E-state index >= 15 is 0 Å². The summed E-state index contributed by atoms with van der Waals surface area (Å²) in [5.41, 5.74) is 4.21. The lowest BCUT2D eigenvalue weighted by Gasteiger charge is -2.08. The van der Waals surface area contributed by atoms with Crippen LogP contribution in [0.15, 0.2) is 59.7 Å². The van der Waals surface area contributed by atoms with E-state index in [1.54, 1.807) is 30.5 Å².